The normalized spacial score (nSPS) is 16.9. The van der Waals surface area contributed by atoms with Crippen LogP contribution in [0, 0.1) is 6.92 Å². The van der Waals surface area contributed by atoms with Crippen molar-refractivity contribution in [2.24, 2.45) is 0 Å². The standard InChI is InChI=1S/C20H26N6O2/c1-15-5-6-18(12-23-15)24-20(28)25-8-3-4-19(7-9-25)26(16(2)27)13-17-10-21-14-22-11-17/h5-6,10-12,14,19H,3-4,7-9,13H2,1-2H3,(H,24,28)/t19-/m1/s1. The zero-order chi connectivity index (χ0) is 19.9. The first-order valence-electron chi connectivity index (χ1n) is 9.52. The number of carbonyl (C=O) groups is 2. The molecule has 3 heterocycles. The molecule has 0 spiro atoms. The smallest absolute Gasteiger partial charge is 0.321 e. The summed E-state index contributed by atoms with van der Waals surface area (Å²) in [6, 6.07) is 3.68. The van der Waals surface area contributed by atoms with Crippen LogP contribution in [0.25, 0.3) is 0 Å². The van der Waals surface area contributed by atoms with E-state index in [1.165, 1.54) is 6.33 Å². The van der Waals surface area contributed by atoms with Crippen molar-refractivity contribution in [3.8, 4) is 0 Å². The second-order valence-electron chi connectivity index (χ2n) is 7.08. The van der Waals surface area contributed by atoms with E-state index in [0.717, 1.165) is 30.5 Å². The molecular formula is C20H26N6O2. The Kier molecular flexibility index (Phi) is 6.52. The predicted molar refractivity (Wildman–Crippen MR) is 105 cm³/mol. The van der Waals surface area contributed by atoms with Crippen molar-refractivity contribution in [1.82, 2.24) is 24.8 Å². The molecule has 3 rings (SSSR count). The zero-order valence-corrected chi connectivity index (χ0v) is 16.3. The van der Waals surface area contributed by atoms with Gasteiger partial charge in [0.1, 0.15) is 6.33 Å². The molecule has 148 valence electrons. The zero-order valence-electron chi connectivity index (χ0n) is 16.3. The fourth-order valence-corrected chi connectivity index (χ4v) is 3.44. The van der Waals surface area contributed by atoms with Crippen molar-refractivity contribution in [2.75, 3.05) is 18.4 Å². The third kappa shape index (κ3) is 5.25. The van der Waals surface area contributed by atoms with E-state index >= 15 is 0 Å². The third-order valence-electron chi connectivity index (χ3n) is 4.96. The molecule has 2 aromatic rings. The summed E-state index contributed by atoms with van der Waals surface area (Å²) in [4.78, 5) is 40.8. The SMILES string of the molecule is CC(=O)N(Cc1cncnc1)[C@@H]1CCCN(C(=O)Nc2ccc(C)nc2)CC1. The van der Waals surface area contributed by atoms with Gasteiger partial charge in [0.05, 0.1) is 11.9 Å². The first kappa shape index (κ1) is 19.7. The molecule has 3 amide bonds. The van der Waals surface area contributed by atoms with Gasteiger partial charge in [-0.1, -0.05) is 0 Å². The maximum atomic E-state index is 12.6. The van der Waals surface area contributed by atoms with Crippen LogP contribution < -0.4 is 5.32 Å². The predicted octanol–water partition coefficient (Wildman–Crippen LogP) is 2.62. The van der Waals surface area contributed by atoms with Gasteiger partial charge in [-0.15, -0.1) is 0 Å². The number of amides is 3. The van der Waals surface area contributed by atoms with Crippen molar-refractivity contribution in [3.63, 3.8) is 0 Å². The van der Waals surface area contributed by atoms with Gasteiger partial charge >= 0.3 is 6.03 Å². The summed E-state index contributed by atoms with van der Waals surface area (Å²) in [5.74, 6) is 0.0254. The van der Waals surface area contributed by atoms with Crippen LogP contribution in [0.2, 0.25) is 0 Å². The lowest BCUT2D eigenvalue weighted by atomic mass is 10.1. The molecule has 8 nitrogen and oxygen atoms in total. The van der Waals surface area contributed by atoms with Crippen LogP contribution >= 0.6 is 0 Å². The molecule has 1 aliphatic heterocycles. The summed E-state index contributed by atoms with van der Waals surface area (Å²) in [6.45, 7) is 5.25. The molecule has 28 heavy (non-hydrogen) atoms. The largest absolute Gasteiger partial charge is 0.335 e. The average molecular weight is 382 g/mol. The highest BCUT2D eigenvalue weighted by Crippen LogP contribution is 2.20. The number of nitrogens with zero attached hydrogens (tertiary/aromatic N) is 5. The van der Waals surface area contributed by atoms with Gasteiger partial charge in [0, 0.05) is 56.3 Å². The third-order valence-corrected chi connectivity index (χ3v) is 4.96. The van der Waals surface area contributed by atoms with Crippen molar-refractivity contribution in [1.29, 1.82) is 0 Å². The summed E-state index contributed by atoms with van der Waals surface area (Å²) in [5.41, 5.74) is 2.50. The summed E-state index contributed by atoms with van der Waals surface area (Å²) in [7, 11) is 0. The molecule has 1 fully saturated rings. The fraction of sp³-hybridized carbons (Fsp3) is 0.450. The van der Waals surface area contributed by atoms with Crippen LogP contribution in [0.1, 0.15) is 37.4 Å². The highest BCUT2D eigenvalue weighted by atomic mass is 16.2. The van der Waals surface area contributed by atoms with Gasteiger partial charge in [-0.2, -0.15) is 0 Å². The van der Waals surface area contributed by atoms with Crippen LogP contribution in [0.15, 0.2) is 37.1 Å². The van der Waals surface area contributed by atoms with E-state index in [1.807, 2.05) is 28.9 Å². The Morgan fingerprint density at radius 2 is 1.96 bits per heavy atom. The van der Waals surface area contributed by atoms with E-state index in [4.69, 9.17) is 0 Å². The minimum absolute atomic E-state index is 0.0254. The number of aromatic nitrogens is 3. The van der Waals surface area contributed by atoms with E-state index in [1.54, 1.807) is 25.5 Å². The highest BCUT2D eigenvalue weighted by molar-refractivity contribution is 5.89. The van der Waals surface area contributed by atoms with Crippen LogP contribution in [-0.4, -0.2) is 55.8 Å². The highest BCUT2D eigenvalue weighted by Gasteiger charge is 2.26. The van der Waals surface area contributed by atoms with E-state index in [0.29, 0.717) is 25.3 Å². The molecule has 1 aliphatic rings. The van der Waals surface area contributed by atoms with E-state index in [2.05, 4.69) is 20.3 Å². The minimum Gasteiger partial charge on any atom is -0.335 e. The number of hydrogen-bond acceptors (Lipinski definition) is 5. The summed E-state index contributed by atoms with van der Waals surface area (Å²) in [6.07, 6.45) is 9.06. The van der Waals surface area contributed by atoms with Gasteiger partial charge in [-0.05, 0) is 38.3 Å². The van der Waals surface area contributed by atoms with E-state index in [-0.39, 0.29) is 18.0 Å². The maximum absolute atomic E-state index is 12.6. The van der Waals surface area contributed by atoms with Gasteiger partial charge in [0.2, 0.25) is 5.91 Å². The van der Waals surface area contributed by atoms with Crippen molar-refractivity contribution in [2.45, 2.75) is 45.7 Å². The summed E-state index contributed by atoms with van der Waals surface area (Å²) in [5, 5.41) is 2.90. The Morgan fingerprint density at radius 1 is 1.18 bits per heavy atom. The fourth-order valence-electron chi connectivity index (χ4n) is 3.44. The van der Waals surface area contributed by atoms with E-state index in [9.17, 15) is 9.59 Å². The number of urea groups is 1. The van der Waals surface area contributed by atoms with Gasteiger partial charge in [-0.3, -0.25) is 9.78 Å². The number of nitrogens with one attached hydrogen (secondary N) is 1. The molecule has 0 unspecified atom stereocenters. The molecule has 1 saturated heterocycles. The molecule has 0 radical (unpaired) electrons. The first-order valence-corrected chi connectivity index (χ1v) is 9.52. The second kappa shape index (κ2) is 9.25. The number of hydrogen-bond donors (Lipinski definition) is 1. The number of likely N-dealkylation sites (tertiary alicyclic amines) is 1. The molecule has 0 bridgehead atoms. The van der Waals surface area contributed by atoms with Crippen LogP contribution in [0.5, 0.6) is 0 Å². The molecule has 2 aromatic heterocycles. The van der Waals surface area contributed by atoms with E-state index < -0.39 is 0 Å². The lowest BCUT2D eigenvalue weighted by Gasteiger charge is -2.30. The Bertz CT molecular complexity index is 796. The quantitative estimate of drug-likeness (QED) is 0.878. The van der Waals surface area contributed by atoms with Crippen molar-refractivity contribution in [3.05, 3.63) is 48.3 Å². The molecule has 1 atom stereocenters. The van der Waals surface area contributed by atoms with Crippen LogP contribution in [-0.2, 0) is 11.3 Å². The summed E-state index contributed by atoms with van der Waals surface area (Å²) >= 11 is 0. The Hall–Kier alpha value is -3.03. The lowest BCUT2D eigenvalue weighted by molar-refractivity contribution is -0.132. The number of carbonyl (C=O) groups excluding carboxylic acids is 2. The molecule has 1 N–H and O–H groups in total. The van der Waals surface area contributed by atoms with Gasteiger partial charge in [-0.25, -0.2) is 14.8 Å². The van der Waals surface area contributed by atoms with Crippen molar-refractivity contribution < 1.29 is 9.59 Å². The minimum atomic E-state index is -0.128. The van der Waals surface area contributed by atoms with Gasteiger partial charge in [0.15, 0.2) is 0 Å². The van der Waals surface area contributed by atoms with Crippen molar-refractivity contribution >= 4 is 17.6 Å². The van der Waals surface area contributed by atoms with Gasteiger partial charge < -0.3 is 15.1 Å². The number of aryl methyl sites for hydroxylation is 1. The average Bonchev–Trinajstić information content (AvgIpc) is 2.94. The first-order chi connectivity index (χ1) is 13.5. The Morgan fingerprint density at radius 3 is 2.64 bits per heavy atom. The molecular weight excluding hydrogens is 356 g/mol. The molecule has 0 aliphatic carbocycles. The van der Waals surface area contributed by atoms with Crippen LogP contribution in [0.4, 0.5) is 10.5 Å². The topological polar surface area (TPSA) is 91.3 Å². The molecule has 0 saturated carbocycles. The molecule has 8 heteroatoms. The number of pyridine rings is 1. The number of rotatable bonds is 4. The Balaban J connectivity index is 1.60. The number of anilines is 1. The van der Waals surface area contributed by atoms with Gasteiger partial charge in [0.25, 0.3) is 0 Å². The lowest BCUT2D eigenvalue weighted by Crippen LogP contribution is -2.40. The second-order valence-corrected chi connectivity index (χ2v) is 7.08. The van der Waals surface area contributed by atoms with Crippen LogP contribution in [0.3, 0.4) is 0 Å². The monoisotopic (exact) mass is 382 g/mol. The summed E-state index contributed by atoms with van der Waals surface area (Å²) < 4.78 is 0. The maximum Gasteiger partial charge on any atom is 0.321 e. The Labute approximate surface area is 165 Å². The molecule has 0 aromatic carbocycles.